The Bertz CT molecular complexity index is 1160. The fourth-order valence-corrected chi connectivity index (χ4v) is 4.01. The molecule has 1 aromatic carbocycles. The molecule has 1 atom stereocenters. The number of imidazole rings is 1. The predicted octanol–water partition coefficient (Wildman–Crippen LogP) is 4.38. The fraction of sp³-hybridized carbons (Fsp3) is 0.273. The number of aryl methyl sites for hydroxylation is 1. The van der Waals surface area contributed by atoms with Crippen LogP contribution in [0.25, 0.3) is 5.69 Å². The van der Waals surface area contributed by atoms with Gasteiger partial charge in [0.05, 0.1) is 19.1 Å². The topological polar surface area (TPSA) is 88.2 Å². The van der Waals surface area contributed by atoms with Crippen LogP contribution in [0.5, 0.6) is 5.88 Å². The van der Waals surface area contributed by atoms with E-state index < -0.39 is 0 Å². The Hall–Kier alpha value is -3.07. The number of ether oxygens (including phenoxy) is 1. The van der Waals surface area contributed by atoms with Gasteiger partial charge in [0.1, 0.15) is 23.0 Å². The van der Waals surface area contributed by atoms with Gasteiger partial charge in [-0.2, -0.15) is 0 Å². The van der Waals surface area contributed by atoms with Crippen molar-refractivity contribution in [2.75, 3.05) is 13.7 Å². The number of hydrogen-bond acceptors (Lipinski definition) is 4. The number of aliphatic imine (C=N–C) groups is 1. The lowest BCUT2D eigenvalue weighted by Gasteiger charge is -2.26. The molecule has 0 radical (unpaired) electrons. The summed E-state index contributed by atoms with van der Waals surface area (Å²) in [6, 6.07) is 8.43. The zero-order valence-corrected chi connectivity index (χ0v) is 18.8. The average Bonchev–Trinajstić information content (AvgIpc) is 3.21. The van der Waals surface area contributed by atoms with Crippen molar-refractivity contribution in [2.24, 2.45) is 4.99 Å². The lowest BCUT2D eigenvalue weighted by molar-refractivity contribution is 0.395. The number of pyridine rings is 1. The number of halogens is 2. The van der Waals surface area contributed by atoms with Crippen molar-refractivity contribution >= 4 is 27.6 Å². The van der Waals surface area contributed by atoms with Gasteiger partial charge >= 0.3 is 0 Å². The van der Waals surface area contributed by atoms with E-state index in [1.165, 1.54) is 13.2 Å². The van der Waals surface area contributed by atoms with Crippen molar-refractivity contribution in [1.29, 1.82) is 5.41 Å². The van der Waals surface area contributed by atoms with Gasteiger partial charge in [-0.15, -0.1) is 0 Å². The second kappa shape index (κ2) is 8.97. The summed E-state index contributed by atoms with van der Waals surface area (Å²) in [7, 11) is 1.53. The van der Waals surface area contributed by atoms with Crippen molar-refractivity contribution in [2.45, 2.75) is 25.7 Å². The molecule has 0 saturated carbocycles. The van der Waals surface area contributed by atoms with Crippen LogP contribution in [0.1, 0.15) is 35.7 Å². The third-order valence-electron chi connectivity index (χ3n) is 5.14. The third-order valence-corrected chi connectivity index (χ3v) is 5.63. The minimum atomic E-state index is -0.282. The number of nitrogens with one attached hydrogen (secondary N) is 2. The minimum absolute atomic E-state index is 0.0172. The van der Waals surface area contributed by atoms with E-state index in [9.17, 15) is 4.39 Å². The Morgan fingerprint density at radius 1 is 1.35 bits per heavy atom. The van der Waals surface area contributed by atoms with Crippen molar-refractivity contribution < 1.29 is 9.13 Å². The van der Waals surface area contributed by atoms with Crippen LogP contribution in [0.2, 0.25) is 0 Å². The van der Waals surface area contributed by atoms with Crippen LogP contribution in [0.15, 0.2) is 52.3 Å². The molecule has 0 unspecified atom stereocenters. The first-order valence-electron chi connectivity index (χ1n) is 9.88. The van der Waals surface area contributed by atoms with Gasteiger partial charge in [-0.3, -0.25) is 5.41 Å². The van der Waals surface area contributed by atoms with Crippen molar-refractivity contribution in [3.63, 3.8) is 0 Å². The van der Waals surface area contributed by atoms with Crippen LogP contribution in [-0.4, -0.2) is 39.9 Å². The lowest BCUT2D eigenvalue weighted by atomic mass is 9.90. The van der Waals surface area contributed by atoms with E-state index in [0.29, 0.717) is 23.0 Å². The second-order valence-corrected chi connectivity index (χ2v) is 8.20. The molecule has 0 aliphatic carbocycles. The standard InChI is InChI=1S/C22H22BrFN6O/c1-13-11-30(12-27-13)19-8-7-18(28-22(19)31-2)20(25)29-21-15(4-3-9-26-21)16-10-14(23)5-6-17(16)24/h5-8,10-12,15H,3-4,9H2,1-2H3,(H2,25,26,29)/t15-/m0/s1. The Morgan fingerprint density at radius 2 is 2.19 bits per heavy atom. The molecule has 0 amide bonds. The lowest BCUT2D eigenvalue weighted by Crippen LogP contribution is -2.36. The van der Waals surface area contributed by atoms with Crippen LogP contribution >= 0.6 is 15.9 Å². The first-order chi connectivity index (χ1) is 15.0. The number of hydrogen-bond donors (Lipinski definition) is 2. The summed E-state index contributed by atoms with van der Waals surface area (Å²) in [4.78, 5) is 13.2. The van der Waals surface area contributed by atoms with E-state index in [2.05, 4.69) is 36.2 Å². The number of piperidine rings is 1. The molecule has 0 bridgehead atoms. The highest BCUT2D eigenvalue weighted by molar-refractivity contribution is 9.10. The minimum Gasteiger partial charge on any atom is -0.479 e. The quantitative estimate of drug-likeness (QED) is 0.424. The number of aromatic nitrogens is 3. The van der Waals surface area contributed by atoms with Crippen LogP contribution in [0.4, 0.5) is 4.39 Å². The summed E-state index contributed by atoms with van der Waals surface area (Å²) in [6.07, 6.45) is 5.20. The van der Waals surface area contributed by atoms with Gasteiger partial charge in [-0.25, -0.2) is 19.4 Å². The van der Waals surface area contributed by atoms with Gasteiger partial charge in [0.2, 0.25) is 5.88 Å². The van der Waals surface area contributed by atoms with Crippen molar-refractivity contribution in [3.05, 3.63) is 70.1 Å². The van der Waals surface area contributed by atoms with E-state index in [1.807, 2.05) is 23.8 Å². The summed E-state index contributed by atoms with van der Waals surface area (Å²) in [6.45, 7) is 2.63. The van der Waals surface area contributed by atoms with Crippen LogP contribution in [0.3, 0.4) is 0 Å². The van der Waals surface area contributed by atoms with Gasteiger partial charge in [-0.05, 0) is 55.7 Å². The maximum Gasteiger partial charge on any atom is 0.238 e. The summed E-state index contributed by atoms with van der Waals surface area (Å²) in [5.74, 6) is 0.392. The molecular weight excluding hydrogens is 463 g/mol. The van der Waals surface area contributed by atoms with Crippen LogP contribution in [0, 0.1) is 18.2 Å². The molecule has 1 saturated heterocycles. The molecule has 4 rings (SSSR count). The highest BCUT2D eigenvalue weighted by Gasteiger charge is 2.26. The number of benzene rings is 1. The molecule has 7 nitrogen and oxygen atoms in total. The van der Waals surface area contributed by atoms with Gasteiger partial charge in [0.15, 0.2) is 5.84 Å². The summed E-state index contributed by atoms with van der Waals surface area (Å²) >= 11 is 3.41. The molecule has 2 N–H and O–H groups in total. The molecule has 1 aliphatic heterocycles. The average molecular weight is 485 g/mol. The molecule has 1 aliphatic rings. The molecule has 31 heavy (non-hydrogen) atoms. The Kier molecular flexibility index (Phi) is 6.13. The molecule has 9 heteroatoms. The second-order valence-electron chi connectivity index (χ2n) is 7.28. The first kappa shape index (κ1) is 21.2. The zero-order chi connectivity index (χ0) is 22.0. The maximum atomic E-state index is 14.5. The summed E-state index contributed by atoms with van der Waals surface area (Å²) in [5, 5.41) is 11.7. The Morgan fingerprint density at radius 3 is 2.94 bits per heavy atom. The molecule has 1 fully saturated rings. The smallest absolute Gasteiger partial charge is 0.238 e. The van der Waals surface area contributed by atoms with E-state index >= 15 is 0 Å². The maximum absolute atomic E-state index is 14.5. The van der Waals surface area contributed by atoms with Gasteiger partial charge in [0, 0.05) is 23.1 Å². The number of rotatable bonds is 4. The van der Waals surface area contributed by atoms with E-state index in [4.69, 9.17) is 10.1 Å². The monoisotopic (exact) mass is 484 g/mol. The third kappa shape index (κ3) is 4.51. The van der Waals surface area contributed by atoms with Gasteiger partial charge in [0.25, 0.3) is 0 Å². The SMILES string of the molecule is COc1nc(C(=N)/N=C2\NCCC[C@H]2c2cc(Br)ccc2F)ccc1-n1cnc(C)c1. The Labute approximate surface area is 188 Å². The molecule has 3 aromatic rings. The van der Waals surface area contributed by atoms with Crippen molar-refractivity contribution in [1.82, 2.24) is 19.9 Å². The van der Waals surface area contributed by atoms with Crippen LogP contribution < -0.4 is 10.1 Å². The predicted molar refractivity (Wildman–Crippen MR) is 121 cm³/mol. The summed E-state index contributed by atoms with van der Waals surface area (Å²) < 4.78 is 22.6. The first-order valence-corrected chi connectivity index (χ1v) is 10.7. The van der Waals surface area contributed by atoms with Crippen molar-refractivity contribution in [3.8, 4) is 11.6 Å². The zero-order valence-electron chi connectivity index (χ0n) is 17.2. The van der Waals surface area contributed by atoms with Crippen LogP contribution in [-0.2, 0) is 0 Å². The van der Waals surface area contributed by atoms with E-state index in [1.54, 1.807) is 24.5 Å². The number of methoxy groups -OCH3 is 1. The molecule has 0 spiro atoms. The summed E-state index contributed by atoms with van der Waals surface area (Å²) in [5.41, 5.74) is 2.52. The molecule has 2 aromatic heterocycles. The number of amidine groups is 2. The van der Waals surface area contributed by atoms with Gasteiger partial charge in [-0.1, -0.05) is 15.9 Å². The fourth-order valence-electron chi connectivity index (χ4n) is 3.63. The molecule has 160 valence electrons. The molecular formula is C22H22BrFN6O. The Balaban J connectivity index is 1.66. The highest BCUT2D eigenvalue weighted by Crippen LogP contribution is 2.30. The largest absolute Gasteiger partial charge is 0.479 e. The number of nitrogens with zero attached hydrogens (tertiary/aromatic N) is 4. The highest BCUT2D eigenvalue weighted by atomic mass is 79.9. The normalized spacial score (nSPS) is 17.4. The molecule has 3 heterocycles. The van der Waals surface area contributed by atoms with E-state index in [-0.39, 0.29) is 17.6 Å². The van der Waals surface area contributed by atoms with Gasteiger partial charge < -0.3 is 14.6 Å². The van der Waals surface area contributed by atoms with E-state index in [0.717, 1.165) is 35.2 Å².